The minimum Gasteiger partial charge on any atom is -0.346 e. The van der Waals surface area contributed by atoms with E-state index in [9.17, 15) is 9.59 Å². The van der Waals surface area contributed by atoms with Crippen LogP contribution in [-0.4, -0.2) is 30.2 Å². The molecule has 5 nitrogen and oxygen atoms in total. The van der Waals surface area contributed by atoms with E-state index in [0.717, 1.165) is 10.6 Å². The number of anilines is 1. The number of para-hydroxylation sites is 1. The summed E-state index contributed by atoms with van der Waals surface area (Å²) in [6, 6.07) is 7.58. The van der Waals surface area contributed by atoms with Crippen LogP contribution in [0.3, 0.4) is 0 Å². The predicted octanol–water partition coefficient (Wildman–Crippen LogP) is 1.62. The third-order valence-corrected chi connectivity index (χ3v) is 3.24. The molecule has 1 aromatic rings. The summed E-state index contributed by atoms with van der Waals surface area (Å²) in [5.74, 6) is -0.612. The minimum atomic E-state index is -0.347. The predicted molar refractivity (Wildman–Crippen MR) is 85.4 cm³/mol. The Morgan fingerprint density at radius 1 is 1.25 bits per heavy atom. The van der Waals surface area contributed by atoms with Gasteiger partial charge in [0.25, 0.3) is 0 Å². The molecule has 0 bridgehead atoms. The molecule has 2 amide bonds. The molecule has 0 aliphatic rings. The van der Waals surface area contributed by atoms with Crippen molar-refractivity contribution in [3.63, 3.8) is 0 Å². The summed E-state index contributed by atoms with van der Waals surface area (Å²) in [5.41, 5.74) is 5.90. The van der Waals surface area contributed by atoms with Crippen molar-refractivity contribution >= 4 is 41.7 Å². The van der Waals surface area contributed by atoms with Gasteiger partial charge >= 0.3 is 0 Å². The lowest BCUT2D eigenvalue weighted by Gasteiger charge is -2.12. The van der Waals surface area contributed by atoms with Crippen molar-refractivity contribution in [2.75, 3.05) is 18.4 Å². The lowest BCUT2D eigenvalue weighted by molar-refractivity contribution is -0.123. The highest BCUT2D eigenvalue weighted by molar-refractivity contribution is 8.00. The number of carbonyl (C=O) groups excluding carboxylic acids is 2. The van der Waals surface area contributed by atoms with Gasteiger partial charge in [0.05, 0.1) is 18.8 Å². The molecule has 0 spiro atoms. The SMILES string of the molecule is CC(C)Sc1ccccc1NC(=O)CNC(=O)CN.Cl. The molecule has 0 unspecified atom stereocenters. The standard InChI is InChI=1S/C13H19N3O2S.ClH/c1-9(2)19-11-6-4-3-5-10(11)16-13(18)8-15-12(17)7-14;/h3-6,9H,7-8,14H2,1-2H3,(H,15,17)(H,16,18);1H. The molecule has 0 heterocycles. The van der Waals surface area contributed by atoms with Crippen molar-refractivity contribution < 1.29 is 9.59 Å². The van der Waals surface area contributed by atoms with E-state index in [2.05, 4.69) is 24.5 Å². The van der Waals surface area contributed by atoms with Crippen molar-refractivity contribution in [3.05, 3.63) is 24.3 Å². The summed E-state index contributed by atoms with van der Waals surface area (Å²) < 4.78 is 0. The van der Waals surface area contributed by atoms with Gasteiger partial charge in [-0.1, -0.05) is 26.0 Å². The van der Waals surface area contributed by atoms with Crippen LogP contribution < -0.4 is 16.4 Å². The summed E-state index contributed by atoms with van der Waals surface area (Å²) in [7, 11) is 0. The third-order valence-electron chi connectivity index (χ3n) is 2.16. The molecule has 7 heteroatoms. The Morgan fingerprint density at radius 2 is 1.90 bits per heavy atom. The van der Waals surface area contributed by atoms with E-state index in [1.165, 1.54) is 0 Å². The molecule has 20 heavy (non-hydrogen) atoms. The highest BCUT2D eigenvalue weighted by Gasteiger charge is 2.09. The van der Waals surface area contributed by atoms with E-state index in [0.29, 0.717) is 5.25 Å². The summed E-state index contributed by atoms with van der Waals surface area (Å²) in [6.07, 6.45) is 0. The Balaban J connectivity index is 0.00000361. The van der Waals surface area contributed by atoms with Gasteiger partial charge in [-0.05, 0) is 12.1 Å². The van der Waals surface area contributed by atoms with Gasteiger partial charge in [-0.2, -0.15) is 0 Å². The summed E-state index contributed by atoms with van der Waals surface area (Å²) in [5, 5.41) is 5.64. The molecule has 0 aliphatic heterocycles. The molecule has 1 aromatic carbocycles. The quantitative estimate of drug-likeness (QED) is 0.696. The van der Waals surface area contributed by atoms with E-state index < -0.39 is 0 Å². The molecular weight excluding hydrogens is 298 g/mol. The Morgan fingerprint density at radius 3 is 2.50 bits per heavy atom. The van der Waals surface area contributed by atoms with Gasteiger partial charge in [-0.15, -0.1) is 24.2 Å². The first-order valence-corrected chi connectivity index (χ1v) is 6.93. The first-order valence-electron chi connectivity index (χ1n) is 6.05. The van der Waals surface area contributed by atoms with Crippen LogP contribution in [0.25, 0.3) is 0 Å². The van der Waals surface area contributed by atoms with Crippen LogP contribution in [-0.2, 0) is 9.59 Å². The van der Waals surface area contributed by atoms with Crippen LogP contribution in [0.5, 0.6) is 0 Å². The fourth-order valence-corrected chi connectivity index (χ4v) is 2.28. The lowest BCUT2D eigenvalue weighted by atomic mass is 10.3. The molecule has 0 saturated heterocycles. The van der Waals surface area contributed by atoms with Gasteiger partial charge in [-0.25, -0.2) is 0 Å². The van der Waals surface area contributed by atoms with Crippen LogP contribution >= 0.6 is 24.2 Å². The maximum absolute atomic E-state index is 11.7. The van der Waals surface area contributed by atoms with Crippen molar-refractivity contribution in [1.82, 2.24) is 5.32 Å². The van der Waals surface area contributed by atoms with Gasteiger partial charge in [0, 0.05) is 10.1 Å². The number of thioether (sulfide) groups is 1. The number of rotatable bonds is 6. The number of hydrogen-bond donors (Lipinski definition) is 3. The first kappa shape index (κ1) is 18.8. The Hall–Kier alpha value is -1.24. The smallest absolute Gasteiger partial charge is 0.243 e. The van der Waals surface area contributed by atoms with Gasteiger partial charge in [-0.3, -0.25) is 9.59 Å². The number of nitrogens with two attached hydrogens (primary N) is 1. The zero-order valence-electron chi connectivity index (χ0n) is 11.5. The van der Waals surface area contributed by atoms with Crippen molar-refractivity contribution in [2.45, 2.75) is 24.0 Å². The number of carbonyl (C=O) groups is 2. The normalized spacial score (nSPS) is 9.80. The molecule has 0 radical (unpaired) electrons. The van der Waals surface area contributed by atoms with Gasteiger partial charge < -0.3 is 16.4 Å². The second-order valence-corrected chi connectivity index (χ2v) is 5.81. The average molecular weight is 318 g/mol. The number of halogens is 1. The van der Waals surface area contributed by atoms with Crippen LogP contribution in [0.2, 0.25) is 0 Å². The molecule has 0 atom stereocenters. The van der Waals surface area contributed by atoms with Gasteiger partial charge in [0.2, 0.25) is 11.8 Å². The van der Waals surface area contributed by atoms with E-state index in [1.54, 1.807) is 11.8 Å². The second kappa shape index (κ2) is 9.63. The van der Waals surface area contributed by atoms with E-state index in [4.69, 9.17) is 5.73 Å². The maximum atomic E-state index is 11.7. The van der Waals surface area contributed by atoms with E-state index >= 15 is 0 Å². The van der Waals surface area contributed by atoms with Crippen LogP contribution in [0.15, 0.2) is 29.2 Å². The van der Waals surface area contributed by atoms with Crippen LogP contribution in [0, 0.1) is 0 Å². The van der Waals surface area contributed by atoms with Crippen LogP contribution in [0.4, 0.5) is 5.69 Å². The largest absolute Gasteiger partial charge is 0.346 e. The fraction of sp³-hybridized carbons (Fsp3) is 0.385. The molecule has 1 rings (SSSR count). The Bertz CT molecular complexity index is 455. The average Bonchev–Trinajstić information content (AvgIpc) is 2.37. The monoisotopic (exact) mass is 317 g/mol. The zero-order chi connectivity index (χ0) is 14.3. The summed E-state index contributed by atoms with van der Waals surface area (Å²) in [6.45, 7) is 3.99. The number of benzene rings is 1. The lowest BCUT2D eigenvalue weighted by Crippen LogP contribution is -2.36. The molecular formula is C13H20ClN3O2S. The van der Waals surface area contributed by atoms with E-state index in [-0.39, 0.29) is 37.3 Å². The number of nitrogens with one attached hydrogen (secondary N) is 2. The molecule has 4 N–H and O–H groups in total. The molecule has 0 saturated carbocycles. The second-order valence-electron chi connectivity index (χ2n) is 4.19. The summed E-state index contributed by atoms with van der Waals surface area (Å²) in [4.78, 5) is 23.7. The topological polar surface area (TPSA) is 84.2 Å². The summed E-state index contributed by atoms with van der Waals surface area (Å²) >= 11 is 1.67. The Kier molecular flexibility index (Phi) is 9.03. The van der Waals surface area contributed by atoms with Crippen LogP contribution in [0.1, 0.15) is 13.8 Å². The molecule has 0 fully saturated rings. The minimum absolute atomic E-state index is 0. The molecule has 0 aromatic heterocycles. The zero-order valence-corrected chi connectivity index (χ0v) is 13.1. The number of amides is 2. The highest BCUT2D eigenvalue weighted by Crippen LogP contribution is 2.29. The van der Waals surface area contributed by atoms with Crippen molar-refractivity contribution in [1.29, 1.82) is 0 Å². The van der Waals surface area contributed by atoms with Crippen molar-refractivity contribution in [3.8, 4) is 0 Å². The molecule has 0 aliphatic carbocycles. The van der Waals surface area contributed by atoms with E-state index in [1.807, 2.05) is 24.3 Å². The Labute approximate surface area is 129 Å². The fourth-order valence-electron chi connectivity index (χ4n) is 1.37. The first-order chi connectivity index (χ1) is 9.02. The van der Waals surface area contributed by atoms with Gasteiger partial charge in [0.15, 0.2) is 0 Å². The number of hydrogen-bond acceptors (Lipinski definition) is 4. The van der Waals surface area contributed by atoms with Crippen molar-refractivity contribution in [2.24, 2.45) is 5.73 Å². The molecule has 112 valence electrons. The maximum Gasteiger partial charge on any atom is 0.243 e. The van der Waals surface area contributed by atoms with Gasteiger partial charge in [0.1, 0.15) is 0 Å². The third kappa shape index (κ3) is 6.79. The highest BCUT2D eigenvalue weighted by atomic mass is 35.5.